The molecule has 220 valence electrons. The van der Waals surface area contributed by atoms with E-state index in [4.69, 9.17) is 8.85 Å². The zero-order chi connectivity index (χ0) is 29.3. The highest BCUT2D eigenvalue weighted by atomic mass is 28.4. The van der Waals surface area contributed by atoms with Gasteiger partial charge in [-0.1, -0.05) is 108 Å². The van der Waals surface area contributed by atoms with Gasteiger partial charge in [0.05, 0.1) is 0 Å². The molecule has 0 fully saturated rings. The number of hydrogen-bond acceptors (Lipinski definition) is 4. The summed E-state index contributed by atoms with van der Waals surface area (Å²) in [6.07, 6.45) is 6.46. The molecule has 0 aromatic heterocycles. The summed E-state index contributed by atoms with van der Waals surface area (Å²) >= 11 is 0. The Morgan fingerprint density at radius 2 is 1.40 bits per heavy atom. The van der Waals surface area contributed by atoms with Crippen molar-refractivity contribution < 1.29 is 18.8 Å². The van der Waals surface area contributed by atoms with Crippen molar-refractivity contribution in [2.45, 2.75) is 96.8 Å². The van der Waals surface area contributed by atoms with E-state index < -0.39 is 23.2 Å². The lowest BCUT2D eigenvalue weighted by Gasteiger charge is -2.43. The van der Waals surface area contributed by atoms with E-state index in [1.807, 2.05) is 0 Å². The molecule has 1 unspecified atom stereocenters. The molecule has 0 saturated heterocycles. The highest BCUT2D eigenvalue weighted by Crippen LogP contribution is 2.47. The molecule has 40 heavy (non-hydrogen) atoms. The molecule has 6 heteroatoms. The van der Waals surface area contributed by atoms with Gasteiger partial charge >= 0.3 is 0 Å². The van der Waals surface area contributed by atoms with E-state index in [9.17, 15) is 9.90 Å². The molecule has 1 N–H and O–H groups in total. The van der Waals surface area contributed by atoms with Crippen LogP contribution in [-0.2, 0) is 13.6 Å². The Morgan fingerprint density at radius 3 is 1.88 bits per heavy atom. The number of hydrogen-bond donors (Lipinski definition) is 1. The first kappa shape index (κ1) is 32.7. The molecule has 4 nitrogen and oxygen atoms in total. The third kappa shape index (κ3) is 6.96. The monoisotopic (exact) mass is 580 g/mol. The van der Waals surface area contributed by atoms with Crippen LogP contribution in [0.15, 0.2) is 72.3 Å². The van der Waals surface area contributed by atoms with Crippen LogP contribution in [0.4, 0.5) is 0 Å². The van der Waals surface area contributed by atoms with Gasteiger partial charge in [0, 0.05) is 18.6 Å². The van der Waals surface area contributed by atoms with E-state index in [-0.39, 0.29) is 16.2 Å². The molecule has 0 bridgehead atoms. The molecule has 0 spiro atoms. The fourth-order valence-corrected chi connectivity index (χ4v) is 14.2. The zero-order valence-electron chi connectivity index (χ0n) is 25.8. The number of rotatable bonds is 16. The Balaban J connectivity index is 1.84. The average Bonchev–Trinajstić information content (AvgIpc) is 3.39. The smallest absolute Gasteiger partial charge is 0.261 e. The molecule has 0 saturated carbocycles. The highest BCUT2D eigenvalue weighted by Gasteiger charge is 2.50. The molecule has 1 aliphatic rings. The van der Waals surface area contributed by atoms with Crippen LogP contribution >= 0.6 is 0 Å². The largest absolute Gasteiger partial charge is 0.417 e. The topological polar surface area (TPSA) is 55.8 Å². The van der Waals surface area contributed by atoms with E-state index in [1.165, 1.54) is 10.4 Å². The first-order valence-electron chi connectivity index (χ1n) is 15.4. The number of allylic oxidation sites excluding steroid dienone is 1. The molecule has 0 radical (unpaired) electrons. The number of carbonyl (C=O) groups excluding carboxylic acids is 1. The SMILES string of the molecule is CC[Si](CC)(CC)OCCC1(CCCO[Si](c2ccccc2)(c2ccccc2)C(C)(C)C)CCC=C1C(=O)CO. The van der Waals surface area contributed by atoms with Gasteiger partial charge < -0.3 is 14.0 Å². The Morgan fingerprint density at radius 1 is 0.850 bits per heavy atom. The van der Waals surface area contributed by atoms with E-state index in [0.29, 0.717) is 13.2 Å². The van der Waals surface area contributed by atoms with Gasteiger partial charge in [-0.3, -0.25) is 4.79 Å². The minimum Gasteiger partial charge on any atom is -0.417 e. The minimum atomic E-state index is -2.60. The summed E-state index contributed by atoms with van der Waals surface area (Å²) in [6.45, 7) is 14.6. The molecular formula is C34H52O4Si2. The lowest BCUT2D eigenvalue weighted by molar-refractivity contribution is -0.119. The standard InChI is InChI=1S/C34H52O4Si2/c1-7-39(8-2,9-3)37-27-25-34(23-16-22-31(34)32(36)28-35)24-17-26-38-40(33(4,5)6,29-18-12-10-13-19-29)30-20-14-11-15-21-30/h10-15,18-22,35H,7-9,16-17,23-28H2,1-6H3. The lowest BCUT2D eigenvalue weighted by atomic mass is 9.73. The Bertz CT molecular complexity index is 1040. The summed E-state index contributed by atoms with van der Waals surface area (Å²) < 4.78 is 13.8. The van der Waals surface area contributed by atoms with Gasteiger partial charge in [0.15, 0.2) is 14.1 Å². The van der Waals surface area contributed by atoms with Gasteiger partial charge in [-0.25, -0.2) is 0 Å². The average molecular weight is 581 g/mol. The van der Waals surface area contributed by atoms with E-state index >= 15 is 0 Å². The second-order valence-electron chi connectivity index (χ2n) is 12.5. The van der Waals surface area contributed by atoms with E-state index in [2.05, 4.69) is 108 Å². The van der Waals surface area contributed by atoms with Crippen LogP contribution in [0.2, 0.25) is 23.2 Å². The van der Waals surface area contributed by atoms with Crippen LogP contribution in [0.5, 0.6) is 0 Å². The fourth-order valence-electron chi connectivity index (χ4n) is 6.90. The van der Waals surface area contributed by atoms with Crippen LogP contribution in [0.3, 0.4) is 0 Å². The maximum Gasteiger partial charge on any atom is 0.261 e. The van der Waals surface area contributed by atoms with Crippen molar-refractivity contribution in [2.24, 2.45) is 5.41 Å². The predicted molar refractivity (Wildman–Crippen MR) is 172 cm³/mol. The molecule has 0 heterocycles. The highest BCUT2D eigenvalue weighted by molar-refractivity contribution is 6.99. The minimum absolute atomic E-state index is 0.0685. The van der Waals surface area contributed by atoms with Crippen molar-refractivity contribution in [1.29, 1.82) is 0 Å². The molecule has 1 aliphatic carbocycles. The number of Topliss-reactive ketones (excluding diaryl/α,β-unsaturated/α-hetero) is 1. The van der Waals surface area contributed by atoms with E-state index in [1.54, 1.807) is 0 Å². The van der Waals surface area contributed by atoms with Gasteiger partial charge in [-0.15, -0.1) is 0 Å². The van der Waals surface area contributed by atoms with Gasteiger partial charge in [0.25, 0.3) is 8.32 Å². The van der Waals surface area contributed by atoms with Crippen LogP contribution in [0, 0.1) is 5.41 Å². The molecule has 0 amide bonds. The summed E-state index contributed by atoms with van der Waals surface area (Å²) in [4.78, 5) is 12.9. The number of ketones is 1. The van der Waals surface area contributed by atoms with Crippen molar-refractivity contribution in [2.75, 3.05) is 19.8 Å². The quantitative estimate of drug-likeness (QED) is 0.171. The van der Waals surface area contributed by atoms with Crippen molar-refractivity contribution >= 4 is 32.8 Å². The summed E-state index contributed by atoms with van der Waals surface area (Å²) in [7, 11) is -4.31. The maximum absolute atomic E-state index is 12.9. The normalized spacial score (nSPS) is 18.1. The first-order valence-corrected chi connectivity index (χ1v) is 19.8. The lowest BCUT2D eigenvalue weighted by Crippen LogP contribution is -2.66. The molecule has 3 rings (SSSR count). The second kappa shape index (κ2) is 14.4. The molecule has 0 aliphatic heterocycles. The van der Waals surface area contributed by atoms with Crippen molar-refractivity contribution in [3.8, 4) is 0 Å². The van der Waals surface area contributed by atoms with Crippen molar-refractivity contribution in [3.05, 3.63) is 72.3 Å². The molecule has 2 aromatic carbocycles. The van der Waals surface area contributed by atoms with Gasteiger partial charge in [0.2, 0.25) is 0 Å². The summed E-state index contributed by atoms with van der Waals surface area (Å²) in [5, 5.41) is 12.3. The predicted octanol–water partition coefficient (Wildman–Crippen LogP) is 7.02. The van der Waals surface area contributed by atoms with Crippen LogP contribution in [0.25, 0.3) is 0 Å². The summed E-state index contributed by atoms with van der Waals surface area (Å²) in [5.41, 5.74) is 0.574. The van der Waals surface area contributed by atoms with Gasteiger partial charge in [-0.05, 0) is 71.2 Å². The van der Waals surface area contributed by atoms with Gasteiger partial charge in [0.1, 0.15) is 6.61 Å². The zero-order valence-corrected chi connectivity index (χ0v) is 27.8. The number of carbonyl (C=O) groups is 1. The number of aliphatic hydroxyl groups excluding tert-OH is 1. The first-order chi connectivity index (χ1) is 19.1. The number of aliphatic hydroxyl groups is 1. The third-order valence-electron chi connectivity index (χ3n) is 9.44. The Kier molecular flexibility index (Phi) is 11.7. The van der Waals surface area contributed by atoms with Gasteiger partial charge in [-0.2, -0.15) is 0 Å². The third-order valence-corrected chi connectivity index (χ3v) is 19.2. The maximum atomic E-state index is 12.9. The Labute approximate surface area is 245 Å². The fraction of sp³-hybridized carbons (Fsp3) is 0.559. The van der Waals surface area contributed by atoms with Crippen LogP contribution < -0.4 is 10.4 Å². The summed E-state index contributed by atoms with van der Waals surface area (Å²) in [6, 6.07) is 24.9. The van der Waals surface area contributed by atoms with Crippen LogP contribution in [-0.4, -0.2) is 47.3 Å². The summed E-state index contributed by atoms with van der Waals surface area (Å²) in [5.74, 6) is -0.129. The number of benzene rings is 2. The molecule has 2 aromatic rings. The molecular weight excluding hydrogens is 529 g/mol. The van der Waals surface area contributed by atoms with Crippen molar-refractivity contribution in [1.82, 2.24) is 0 Å². The second-order valence-corrected chi connectivity index (χ2v) is 21.6. The molecule has 1 atom stereocenters. The van der Waals surface area contributed by atoms with Crippen LogP contribution in [0.1, 0.15) is 73.6 Å². The Hall–Kier alpha value is -1.84. The van der Waals surface area contributed by atoms with Crippen molar-refractivity contribution in [3.63, 3.8) is 0 Å². The van der Waals surface area contributed by atoms with E-state index in [0.717, 1.165) is 55.8 Å².